The molecule has 0 fully saturated rings. The summed E-state index contributed by atoms with van der Waals surface area (Å²) in [5.41, 5.74) is 1.32. The molecule has 3 heteroatoms. The van der Waals surface area contributed by atoms with Gasteiger partial charge in [0.2, 0.25) is 0 Å². The van der Waals surface area contributed by atoms with Gasteiger partial charge in [0.25, 0.3) is 0 Å². The Hall–Kier alpha value is 0.01000. The fourth-order valence-electron chi connectivity index (χ4n) is 1.39. The van der Waals surface area contributed by atoms with E-state index in [0.717, 1.165) is 0 Å². The second kappa shape index (κ2) is 6.81. The molecule has 0 amide bonds. The van der Waals surface area contributed by atoms with Crippen LogP contribution in [0.4, 0.5) is 0 Å². The zero-order chi connectivity index (χ0) is 13.0. The van der Waals surface area contributed by atoms with E-state index in [9.17, 15) is 0 Å². The largest absolute Gasteiger partial charge is 0.313 e. The van der Waals surface area contributed by atoms with Gasteiger partial charge in [0, 0.05) is 20.7 Å². The molecule has 0 saturated heterocycles. The molecule has 1 N–H and O–H groups in total. The van der Waals surface area contributed by atoms with Gasteiger partial charge < -0.3 is 5.32 Å². The van der Waals surface area contributed by atoms with Gasteiger partial charge >= 0.3 is 0 Å². The van der Waals surface area contributed by atoms with Crippen LogP contribution in [0.5, 0.6) is 0 Å². The Morgan fingerprint density at radius 1 is 1.18 bits per heavy atom. The molecule has 96 valence electrons. The summed E-state index contributed by atoms with van der Waals surface area (Å²) >= 11 is 5.61. The highest BCUT2D eigenvalue weighted by Crippen LogP contribution is 2.34. The van der Waals surface area contributed by atoms with E-state index >= 15 is 0 Å². The second-order valence-electron chi connectivity index (χ2n) is 4.77. The van der Waals surface area contributed by atoms with Crippen LogP contribution in [0.15, 0.2) is 27.6 Å². The molecule has 2 atom stereocenters. The van der Waals surface area contributed by atoms with Crippen molar-refractivity contribution in [2.24, 2.45) is 5.92 Å². The molecule has 1 rings (SSSR count). The first-order chi connectivity index (χ1) is 7.95. The Labute approximate surface area is 118 Å². The SMILES string of the molecule is CNC(C)c1ccc(SC(C)C(C)C)c(Br)c1. The predicted molar refractivity (Wildman–Crippen MR) is 81.8 cm³/mol. The van der Waals surface area contributed by atoms with Crippen LogP contribution in [0.2, 0.25) is 0 Å². The Morgan fingerprint density at radius 3 is 2.29 bits per heavy atom. The molecule has 0 aliphatic rings. The van der Waals surface area contributed by atoms with Crippen LogP contribution in [-0.2, 0) is 0 Å². The normalized spacial score (nSPS) is 15.0. The topological polar surface area (TPSA) is 12.0 Å². The second-order valence-corrected chi connectivity index (χ2v) is 7.04. The van der Waals surface area contributed by atoms with Crippen molar-refractivity contribution in [3.63, 3.8) is 0 Å². The van der Waals surface area contributed by atoms with E-state index in [1.807, 2.05) is 18.8 Å². The van der Waals surface area contributed by atoms with Crippen molar-refractivity contribution in [3.8, 4) is 0 Å². The molecule has 0 spiro atoms. The van der Waals surface area contributed by atoms with Crippen LogP contribution in [0.1, 0.15) is 39.3 Å². The van der Waals surface area contributed by atoms with E-state index in [-0.39, 0.29) is 0 Å². The molecule has 0 heterocycles. The summed E-state index contributed by atoms with van der Waals surface area (Å²) in [6.07, 6.45) is 0. The first-order valence-corrected chi connectivity index (χ1v) is 7.76. The van der Waals surface area contributed by atoms with E-state index in [4.69, 9.17) is 0 Å². The Morgan fingerprint density at radius 2 is 1.82 bits per heavy atom. The van der Waals surface area contributed by atoms with Crippen molar-refractivity contribution in [2.45, 2.75) is 43.9 Å². The molecule has 1 aromatic rings. The monoisotopic (exact) mass is 315 g/mol. The van der Waals surface area contributed by atoms with Crippen molar-refractivity contribution in [1.82, 2.24) is 5.32 Å². The lowest BCUT2D eigenvalue weighted by Gasteiger charge is -2.17. The molecule has 0 aliphatic carbocycles. The lowest BCUT2D eigenvalue weighted by Crippen LogP contribution is -2.12. The van der Waals surface area contributed by atoms with Crippen molar-refractivity contribution < 1.29 is 0 Å². The Kier molecular flexibility index (Phi) is 6.04. The third kappa shape index (κ3) is 4.31. The van der Waals surface area contributed by atoms with Crippen LogP contribution in [0, 0.1) is 5.92 Å². The fourth-order valence-corrected chi connectivity index (χ4v) is 3.05. The molecular formula is C14H22BrNS. The summed E-state index contributed by atoms with van der Waals surface area (Å²) in [5, 5.41) is 3.90. The summed E-state index contributed by atoms with van der Waals surface area (Å²) in [6.45, 7) is 8.99. The van der Waals surface area contributed by atoms with Crippen LogP contribution < -0.4 is 5.32 Å². The van der Waals surface area contributed by atoms with Gasteiger partial charge in [-0.1, -0.05) is 26.8 Å². The minimum Gasteiger partial charge on any atom is -0.313 e. The maximum atomic E-state index is 3.67. The molecule has 17 heavy (non-hydrogen) atoms. The van der Waals surface area contributed by atoms with Gasteiger partial charge in [0.05, 0.1) is 0 Å². The molecular weight excluding hydrogens is 294 g/mol. The minimum absolute atomic E-state index is 0.396. The first-order valence-electron chi connectivity index (χ1n) is 6.09. The molecule has 1 aromatic carbocycles. The van der Waals surface area contributed by atoms with Crippen molar-refractivity contribution in [1.29, 1.82) is 0 Å². The van der Waals surface area contributed by atoms with Crippen molar-refractivity contribution in [3.05, 3.63) is 28.2 Å². The molecule has 2 unspecified atom stereocenters. The number of halogens is 1. The molecule has 1 nitrogen and oxygen atoms in total. The summed E-state index contributed by atoms with van der Waals surface area (Å²) in [6, 6.07) is 7.04. The third-order valence-electron chi connectivity index (χ3n) is 3.14. The number of hydrogen-bond acceptors (Lipinski definition) is 2. The summed E-state index contributed by atoms with van der Waals surface area (Å²) in [7, 11) is 1.99. The highest BCUT2D eigenvalue weighted by molar-refractivity contribution is 9.10. The fraction of sp³-hybridized carbons (Fsp3) is 0.571. The lowest BCUT2D eigenvalue weighted by atomic mass is 10.1. The number of benzene rings is 1. The Balaban J connectivity index is 2.83. The van der Waals surface area contributed by atoms with Gasteiger partial charge in [0.1, 0.15) is 0 Å². The van der Waals surface area contributed by atoms with Gasteiger partial charge in [0.15, 0.2) is 0 Å². The maximum absolute atomic E-state index is 3.67. The molecule has 0 aromatic heterocycles. The quantitative estimate of drug-likeness (QED) is 0.778. The average molecular weight is 316 g/mol. The highest BCUT2D eigenvalue weighted by atomic mass is 79.9. The summed E-state index contributed by atoms with van der Waals surface area (Å²) in [4.78, 5) is 1.33. The standard InChI is InChI=1S/C14H22BrNS/c1-9(2)11(4)17-14-7-6-12(8-13(14)15)10(3)16-5/h6-11,16H,1-5H3. The van der Waals surface area contributed by atoms with Crippen LogP contribution in [0.3, 0.4) is 0 Å². The maximum Gasteiger partial charge on any atom is 0.0314 e. The van der Waals surface area contributed by atoms with Gasteiger partial charge in [-0.3, -0.25) is 0 Å². The van der Waals surface area contributed by atoms with Gasteiger partial charge in [-0.2, -0.15) is 0 Å². The average Bonchev–Trinajstić information content (AvgIpc) is 2.30. The Bertz CT molecular complexity index is 365. The number of hydrogen-bond donors (Lipinski definition) is 1. The highest BCUT2D eigenvalue weighted by Gasteiger charge is 2.12. The molecule has 0 aliphatic heterocycles. The predicted octanol–water partition coefficient (Wildman–Crippen LogP) is 4.87. The number of thioether (sulfide) groups is 1. The molecule has 0 bridgehead atoms. The van der Waals surface area contributed by atoms with Crippen LogP contribution >= 0.6 is 27.7 Å². The zero-order valence-corrected chi connectivity index (χ0v) is 13.7. The van der Waals surface area contributed by atoms with Gasteiger partial charge in [-0.15, -0.1) is 11.8 Å². The van der Waals surface area contributed by atoms with Crippen LogP contribution in [-0.4, -0.2) is 12.3 Å². The molecule has 0 radical (unpaired) electrons. The molecule has 0 saturated carbocycles. The summed E-state index contributed by atoms with van der Waals surface area (Å²) in [5.74, 6) is 0.697. The number of rotatable bonds is 5. The van der Waals surface area contributed by atoms with E-state index in [1.54, 1.807) is 0 Å². The van der Waals surface area contributed by atoms with Crippen LogP contribution in [0.25, 0.3) is 0 Å². The number of nitrogens with one attached hydrogen (secondary N) is 1. The van der Waals surface area contributed by atoms with E-state index < -0.39 is 0 Å². The van der Waals surface area contributed by atoms with Crippen molar-refractivity contribution >= 4 is 27.7 Å². The van der Waals surface area contributed by atoms with E-state index in [0.29, 0.717) is 17.2 Å². The van der Waals surface area contributed by atoms with Gasteiger partial charge in [-0.05, 0) is 53.5 Å². The van der Waals surface area contributed by atoms with E-state index in [1.165, 1.54) is 14.9 Å². The smallest absolute Gasteiger partial charge is 0.0314 e. The summed E-state index contributed by atoms with van der Waals surface area (Å²) < 4.78 is 1.20. The third-order valence-corrected chi connectivity index (χ3v) is 5.59. The van der Waals surface area contributed by atoms with Gasteiger partial charge in [-0.25, -0.2) is 0 Å². The zero-order valence-electron chi connectivity index (χ0n) is 11.3. The lowest BCUT2D eigenvalue weighted by molar-refractivity contribution is 0.641. The minimum atomic E-state index is 0.396. The van der Waals surface area contributed by atoms with Crippen molar-refractivity contribution in [2.75, 3.05) is 7.05 Å². The first kappa shape index (κ1) is 15.1. The van der Waals surface area contributed by atoms with E-state index in [2.05, 4.69) is 67.1 Å².